The molecule has 92 valence electrons. The molecule has 17 heavy (non-hydrogen) atoms. The maximum atomic E-state index is 11.9. The van der Waals surface area contributed by atoms with E-state index in [-0.39, 0.29) is 11.8 Å². The van der Waals surface area contributed by atoms with Crippen molar-refractivity contribution in [2.24, 2.45) is 22.9 Å². The number of hydrogen-bond acceptors (Lipinski definition) is 2. The molecule has 0 aromatic heterocycles. The van der Waals surface area contributed by atoms with E-state index in [1.165, 1.54) is 25.0 Å². The second kappa shape index (κ2) is 4.63. The van der Waals surface area contributed by atoms with Gasteiger partial charge in [0.2, 0.25) is 5.91 Å². The molecule has 3 aliphatic rings. The van der Waals surface area contributed by atoms with Gasteiger partial charge < -0.3 is 0 Å². The fourth-order valence-corrected chi connectivity index (χ4v) is 3.25. The van der Waals surface area contributed by atoms with Crippen molar-refractivity contribution in [2.45, 2.75) is 44.9 Å². The van der Waals surface area contributed by atoms with Gasteiger partial charge in [-0.15, -0.1) is 0 Å². The highest BCUT2D eigenvalue weighted by molar-refractivity contribution is 5.95. The first kappa shape index (κ1) is 11.0. The van der Waals surface area contributed by atoms with Crippen LogP contribution in [0.4, 0.5) is 0 Å². The second-order valence-electron chi connectivity index (χ2n) is 5.55. The van der Waals surface area contributed by atoms with E-state index in [9.17, 15) is 4.79 Å². The van der Waals surface area contributed by atoms with Crippen molar-refractivity contribution in [3.63, 3.8) is 0 Å². The number of fused-ring (bicyclic) bond motifs is 1. The topological polar surface area (TPSA) is 41.5 Å². The minimum atomic E-state index is 0.145. The van der Waals surface area contributed by atoms with E-state index in [1.54, 1.807) is 0 Å². The number of carbonyl (C=O) groups excluding carboxylic acids is 1. The summed E-state index contributed by atoms with van der Waals surface area (Å²) >= 11 is 0. The van der Waals surface area contributed by atoms with Crippen LogP contribution < -0.4 is 5.43 Å². The van der Waals surface area contributed by atoms with Crippen LogP contribution in [0.5, 0.6) is 0 Å². The summed E-state index contributed by atoms with van der Waals surface area (Å²) in [6.45, 7) is 0. The molecular weight excluding hydrogens is 212 g/mol. The Hall–Kier alpha value is -1.12. The molecule has 0 heterocycles. The van der Waals surface area contributed by atoms with Crippen LogP contribution in [0.3, 0.4) is 0 Å². The fourth-order valence-electron chi connectivity index (χ4n) is 3.25. The molecule has 0 bridgehead atoms. The van der Waals surface area contributed by atoms with Crippen molar-refractivity contribution >= 4 is 11.6 Å². The summed E-state index contributed by atoms with van der Waals surface area (Å²) in [7, 11) is 0. The van der Waals surface area contributed by atoms with Gasteiger partial charge in [-0.05, 0) is 31.6 Å². The van der Waals surface area contributed by atoms with E-state index in [4.69, 9.17) is 0 Å². The van der Waals surface area contributed by atoms with Crippen LogP contribution in [0.1, 0.15) is 44.9 Å². The van der Waals surface area contributed by atoms with Crippen LogP contribution in [0.2, 0.25) is 0 Å². The average molecular weight is 232 g/mol. The third kappa shape index (κ3) is 2.15. The van der Waals surface area contributed by atoms with Crippen molar-refractivity contribution in [3.05, 3.63) is 12.2 Å². The Bertz CT molecular complexity index is 366. The molecule has 2 atom stereocenters. The van der Waals surface area contributed by atoms with Gasteiger partial charge in [0.15, 0.2) is 0 Å². The number of nitrogens with one attached hydrogen (secondary N) is 1. The first-order valence-electron chi connectivity index (χ1n) is 6.87. The molecule has 3 aliphatic carbocycles. The summed E-state index contributed by atoms with van der Waals surface area (Å²) in [6, 6.07) is 0. The zero-order chi connectivity index (χ0) is 11.7. The average Bonchev–Trinajstić information content (AvgIpc) is 2.72. The Morgan fingerprint density at radius 2 is 2.12 bits per heavy atom. The Morgan fingerprint density at radius 3 is 2.88 bits per heavy atom. The third-order valence-corrected chi connectivity index (χ3v) is 4.45. The normalized spacial score (nSPS) is 34.5. The van der Waals surface area contributed by atoms with E-state index in [1.807, 2.05) is 0 Å². The Balaban J connectivity index is 1.50. The molecule has 0 aliphatic heterocycles. The van der Waals surface area contributed by atoms with Crippen molar-refractivity contribution in [1.82, 2.24) is 5.43 Å². The molecule has 0 radical (unpaired) electrons. The van der Waals surface area contributed by atoms with Crippen molar-refractivity contribution in [3.8, 4) is 0 Å². The van der Waals surface area contributed by atoms with E-state index >= 15 is 0 Å². The van der Waals surface area contributed by atoms with Crippen molar-refractivity contribution < 1.29 is 4.79 Å². The summed E-state index contributed by atoms with van der Waals surface area (Å²) in [6.07, 6.45) is 12.5. The number of rotatable bonds is 2. The molecule has 0 aromatic carbocycles. The van der Waals surface area contributed by atoms with E-state index < -0.39 is 0 Å². The Kier molecular flexibility index (Phi) is 3.00. The Morgan fingerprint density at radius 1 is 1.29 bits per heavy atom. The van der Waals surface area contributed by atoms with E-state index in [2.05, 4.69) is 22.7 Å². The third-order valence-electron chi connectivity index (χ3n) is 4.45. The maximum absolute atomic E-state index is 11.9. The van der Waals surface area contributed by atoms with Crippen molar-refractivity contribution in [1.29, 1.82) is 0 Å². The number of hydrazone groups is 1. The quantitative estimate of drug-likeness (QED) is 0.577. The highest BCUT2D eigenvalue weighted by Gasteiger charge is 2.38. The summed E-state index contributed by atoms with van der Waals surface area (Å²) in [5.41, 5.74) is 3.99. The lowest BCUT2D eigenvalue weighted by atomic mass is 9.74. The van der Waals surface area contributed by atoms with Crippen LogP contribution in [-0.2, 0) is 4.79 Å². The van der Waals surface area contributed by atoms with Gasteiger partial charge in [0.05, 0.1) is 0 Å². The van der Waals surface area contributed by atoms with Gasteiger partial charge in [0.1, 0.15) is 0 Å². The predicted molar refractivity (Wildman–Crippen MR) is 67.5 cm³/mol. The Labute approximate surface area is 102 Å². The molecule has 0 spiro atoms. The minimum absolute atomic E-state index is 0.145. The lowest BCUT2D eigenvalue weighted by molar-refractivity contribution is -0.125. The van der Waals surface area contributed by atoms with Crippen LogP contribution >= 0.6 is 0 Å². The van der Waals surface area contributed by atoms with Crippen LogP contribution in [0, 0.1) is 17.8 Å². The van der Waals surface area contributed by atoms with Crippen LogP contribution in [-0.4, -0.2) is 11.6 Å². The molecule has 2 fully saturated rings. The lowest BCUT2D eigenvalue weighted by Crippen LogP contribution is -2.37. The summed E-state index contributed by atoms with van der Waals surface area (Å²) in [5, 5.41) is 4.32. The zero-order valence-corrected chi connectivity index (χ0v) is 10.2. The summed E-state index contributed by atoms with van der Waals surface area (Å²) in [5.74, 6) is 1.67. The SMILES string of the molecule is O=C(N/N=C1\C[C@@H]2C=CC[C@@H]12)C1CCCCC1. The molecule has 1 amide bonds. The van der Waals surface area contributed by atoms with Crippen LogP contribution in [0.15, 0.2) is 17.3 Å². The fraction of sp³-hybridized carbons (Fsp3) is 0.714. The van der Waals surface area contributed by atoms with Gasteiger partial charge >= 0.3 is 0 Å². The van der Waals surface area contributed by atoms with E-state index in [0.717, 1.165) is 25.7 Å². The standard InChI is InChI=1S/C14H20N2O/c17-14(10-5-2-1-3-6-10)16-15-13-9-11-7-4-8-12(11)13/h4,7,10-12H,1-3,5-6,8-9H2,(H,16,17)/b15-13+/t11-,12+/m0/s1. The number of carbonyl (C=O) groups is 1. The smallest absolute Gasteiger partial charge is 0.243 e. The van der Waals surface area contributed by atoms with Gasteiger partial charge in [-0.2, -0.15) is 5.10 Å². The molecule has 3 rings (SSSR count). The molecule has 3 heteroatoms. The van der Waals surface area contributed by atoms with Gasteiger partial charge in [0, 0.05) is 17.5 Å². The van der Waals surface area contributed by atoms with Crippen molar-refractivity contribution in [2.75, 3.05) is 0 Å². The second-order valence-corrected chi connectivity index (χ2v) is 5.55. The molecule has 0 saturated heterocycles. The molecule has 0 unspecified atom stereocenters. The molecule has 3 nitrogen and oxygen atoms in total. The van der Waals surface area contributed by atoms with Gasteiger partial charge in [-0.3, -0.25) is 4.79 Å². The van der Waals surface area contributed by atoms with Crippen LogP contribution in [0.25, 0.3) is 0 Å². The number of hydrogen-bond donors (Lipinski definition) is 1. The van der Waals surface area contributed by atoms with Gasteiger partial charge in [0.25, 0.3) is 0 Å². The van der Waals surface area contributed by atoms with Gasteiger partial charge in [-0.25, -0.2) is 5.43 Å². The number of amides is 1. The molecular formula is C14H20N2O. The number of allylic oxidation sites excluding steroid dienone is 2. The monoisotopic (exact) mass is 232 g/mol. The van der Waals surface area contributed by atoms with E-state index in [0.29, 0.717) is 11.8 Å². The summed E-state index contributed by atoms with van der Waals surface area (Å²) in [4.78, 5) is 11.9. The largest absolute Gasteiger partial charge is 0.273 e. The first-order valence-corrected chi connectivity index (χ1v) is 6.87. The first-order chi connectivity index (χ1) is 8.34. The number of nitrogens with zero attached hydrogens (tertiary/aromatic N) is 1. The maximum Gasteiger partial charge on any atom is 0.243 e. The molecule has 0 aromatic rings. The van der Waals surface area contributed by atoms with Gasteiger partial charge in [-0.1, -0.05) is 31.4 Å². The molecule has 2 saturated carbocycles. The predicted octanol–water partition coefficient (Wildman–Crippen LogP) is 2.63. The molecule has 1 N–H and O–H groups in total. The minimum Gasteiger partial charge on any atom is -0.273 e. The highest BCUT2D eigenvalue weighted by atomic mass is 16.2. The zero-order valence-electron chi connectivity index (χ0n) is 10.2. The highest BCUT2D eigenvalue weighted by Crippen LogP contribution is 2.40. The summed E-state index contributed by atoms with van der Waals surface area (Å²) < 4.78 is 0. The lowest BCUT2D eigenvalue weighted by Gasteiger charge is -2.32.